The van der Waals surface area contributed by atoms with Crippen LogP contribution >= 0.6 is 0 Å². The Kier molecular flexibility index (Phi) is 2.44. The molecule has 0 unspecified atom stereocenters. The fraction of sp³-hybridized carbons (Fsp3) is 0.250. The molecule has 2 heteroatoms. The van der Waals surface area contributed by atoms with E-state index in [0.717, 1.165) is 35.8 Å². The van der Waals surface area contributed by atoms with Crippen LogP contribution in [0.2, 0.25) is 0 Å². The Bertz CT molecular complexity index is 393. The number of hydrogen-bond donors (Lipinski definition) is 0. The van der Waals surface area contributed by atoms with Gasteiger partial charge in [0, 0.05) is 6.42 Å². The highest BCUT2D eigenvalue weighted by Crippen LogP contribution is 2.25. The molecule has 14 heavy (non-hydrogen) atoms. The van der Waals surface area contributed by atoms with Crippen LogP contribution in [0.25, 0.3) is 6.08 Å². The number of halogens is 1. The first-order chi connectivity index (χ1) is 6.79. The molecule has 2 rings (SSSR count). The van der Waals surface area contributed by atoms with Crippen LogP contribution in [0.5, 0.6) is 0 Å². The molecular weight excluding hydrogens is 179 g/mol. The number of benzene rings is 1. The molecule has 0 aromatic heterocycles. The Labute approximate surface area is 82.3 Å². The van der Waals surface area contributed by atoms with Crippen molar-refractivity contribution in [3.63, 3.8) is 0 Å². The molecule has 0 spiro atoms. The van der Waals surface area contributed by atoms with Crippen molar-refractivity contribution in [1.82, 2.24) is 0 Å². The van der Waals surface area contributed by atoms with Gasteiger partial charge in [0.15, 0.2) is 0 Å². The van der Waals surface area contributed by atoms with Gasteiger partial charge in [0.1, 0.15) is 12.1 Å². The Balaban J connectivity index is 2.34. The topological polar surface area (TPSA) is 17.1 Å². The average molecular weight is 190 g/mol. The summed E-state index contributed by atoms with van der Waals surface area (Å²) in [4.78, 5) is 10.3. The molecule has 1 nitrogen and oxygen atoms in total. The molecule has 0 amide bonds. The first-order valence-electron chi connectivity index (χ1n) is 4.71. The summed E-state index contributed by atoms with van der Waals surface area (Å²) in [7, 11) is 0. The Morgan fingerprint density at radius 3 is 3.00 bits per heavy atom. The highest BCUT2D eigenvalue weighted by atomic mass is 19.1. The van der Waals surface area contributed by atoms with E-state index < -0.39 is 0 Å². The average Bonchev–Trinajstić information content (AvgIpc) is 2.19. The smallest absolute Gasteiger partial charge is 0.124 e. The molecule has 0 saturated carbocycles. The van der Waals surface area contributed by atoms with Gasteiger partial charge in [-0.25, -0.2) is 4.39 Å². The molecule has 0 radical (unpaired) electrons. The number of allylic oxidation sites excluding steroid dienone is 1. The van der Waals surface area contributed by atoms with Crippen LogP contribution < -0.4 is 0 Å². The third-order valence-electron chi connectivity index (χ3n) is 2.53. The van der Waals surface area contributed by atoms with E-state index in [1.165, 1.54) is 6.07 Å². The summed E-state index contributed by atoms with van der Waals surface area (Å²) in [6.07, 6.45) is 5.12. The van der Waals surface area contributed by atoms with Crippen molar-refractivity contribution in [2.24, 2.45) is 0 Å². The first-order valence-corrected chi connectivity index (χ1v) is 4.71. The minimum Gasteiger partial charge on any atom is -0.303 e. The van der Waals surface area contributed by atoms with Gasteiger partial charge in [-0.05, 0) is 36.1 Å². The summed E-state index contributed by atoms with van der Waals surface area (Å²) in [6.45, 7) is 0. The van der Waals surface area contributed by atoms with Crippen LogP contribution in [0.4, 0.5) is 4.39 Å². The van der Waals surface area contributed by atoms with Gasteiger partial charge in [-0.15, -0.1) is 0 Å². The number of fused-ring (bicyclic) bond motifs is 1. The largest absolute Gasteiger partial charge is 0.303 e. The first kappa shape index (κ1) is 9.13. The van der Waals surface area contributed by atoms with Gasteiger partial charge in [0.25, 0.3) is 0 Å². The number of carbonyl (C=O) groups excluding carboxylic acids is 1. The van der Waals surface area contributed by atoms with Crippen molar-refractivity contribution in [1.29, 1.82) is 0 Å². The summed E-state index contributed by atoms with van der Waals surface area (Å²) in [5.74, 6) is -0.184. The van der Waals surface area contributed by atoms with E-state index in [9.17, 15) is 9.18 Å². The third-order valence-corrected chi connectivity index (χ3v) is 2.53. The molecule has 72 valence electrons. The fourth-order valence-corrected chi connectivity index (χ4v) is 1.79. The highest BCUT2D eigenvalue weighted by molar-refractivity contribution is 5.65. The van der Waals surface area contributed by atoms with Crippen LogP contribution in [0.3, 0.4) is 0 Å². The van der Waals surface area contributed by atoms with Crippen LogP contribution in [-0.2, 0) is 11.2 Å². The Hall–Kier alpha value is -1.44. The second-order valence-corrected chi connectivity index (χ2v) is 3.52. The molecule has 0 N–H and O–H groups in total. The summed E-state index contributed by atoms with van der Waals surface area (Å²) in [5, 5.41) is 0. The number of hydrogen-bond acceptors (Lipinski definition) is 1. The zero-order valence-electron chi connectivity index (χ0n) is 7.79. The lowest BCUT2D eigenvalue weighted by Gasteiger charge is -2.14. The van der Waals surface area contributed by atoms with Crippen molar-refractivity contribution in [3.8, 4) is 0 Å². The number of aldehydes is 1. The van der Waals surface area contributed by atoms with Gasteiger partial charge in [0.2, 0.25) is 0 Å². The van der Waals surface area contributed by atoms with E-state index in [-0.39, 0.29) is 5.82 Å². The number of carbonyl (C=O) groups is 1. The van der Waals surface area contributed by atoms with E-state index in [1.807, 2.05) is 6.08 Å². The van der Waals surface area contributed by atoms with E-state index in [2.05, 4.69) is 0 Å². The molecule has 1 aromatic carbocycles. The summed E-state index contributed by atoms with van der Waals surface area (Å²) in [5.41, 5.74) is 3.23. The lowest BCUT2D eigenvalue weighted by Crippen LogP contribution is -2.00. The molecule has 0 aliphatic heterocycles. The van der Waals surface area contributed by atoms with E-state index in [1.54, 1.807) is 12.1 Å². The fourth-order valence-electron chi connectivity index (χ4n) is 1.79. The SMILES string of the molecule is O=CCC1=Cc2ccc(F)cc2CC1. The second kappa shape index (κ2) is 3.74. The van der Waals surface area contributed by atoms with E-state index >= 15 is 0 Å². The maximum Gasteiger partial charge on any atom is 0.124 e. The highest BCUT2D eigenvalue weighted by Gasteiger charge is 2.10. The van der Waals surface area contributed by atoms with Gasteiger partial charge < -0.3 is 4.79 Å². The molecule has 1 aliphatic rings. The lowest BCUT2D eigenvalue weighted by molar-refractivity contribution is -0.107. The maximum absolute atomic E-state index is 12.9. The number of rotatable bonds is 2. The molecule has 1 aliphatic carbocycles. The van der Waals surface area contributed by atoms with Crippen LogP contribution in [0.1, 0.15) is 24.0 Å². The molecular formula is C12H11FO. The lowest BCUT2D eigenvalue weighted by atomic mass is 9.91. The van der Waals surface area contributed by atoms with Gasteiger partial charge in [-0.1, -0.05) is 17.7 Å². The standard InChI is InChI=1S/C12H11FO/c13-12-4-3-10-7-9(5-6-14)1-2-11(10)8-12/h3-4,6-8H,1-2,5H2. The van der Waals surface area contributed by atoms with Crippen LogP contribution in [0.15, 0.2) is 23.8 Å². The molecule has 0 saturated heterocycles. The third kappa shape index (κ3) is 1.74. The van der Waals surface area contributed by atoms with Crippen molar-refractivity contribution in [2.45, 2.75) is 19.3 Å². The van der Waals surface area contributed by atoms with E-state index in [4.69, 9.17) is 0 Å². The number of aryl methyl sites for hydroxylation is 1. The zero-order valence-corrected chi connectivity index (χ0v) is 7.79. The van der Waals surface area contributed by atoms with Crippen molar-refractivity contribution in [3.05, 3.63) is 40.7 Å². The minimum absolute atomic E-state index is 0.184. The van der Waals surface area contributed by atoms with E-state index in [0.29, 0.717) is 6.42 Å². The molecule has 0 bridgehead atoms. The normalized spacial score (nSPS) is 14.5. The van der Waals surface area contributed by atoms with Gasteiger partial charge in [-0.2, -0.15) is 0 Å². The predicted octanol–water partition coefficient (Wildman–Crippen LogP) is 2.74. The molecule has 0 fully saturated rings. The van der Waals surface area contributed by atoms with Crippen LogP contribution in [-0.4, -0.2) is 6.29 Å². The molecule has 0 heterocycles. The summed E-state index contributed by atoms with van der Waals surface area (Å²) in [6, 6.07) is 4.80. The Morgan fingerprint density at radius 2 is 2.21 bits per heavy atom. The predicted molar refractivity (Wildman–Crippen MR) is 53.4 cm³/mol. The van der Waals surface area contributed by atoms with Crippen molar-refractivity contribution in [2.75, 3.05) is 0 Å². The summed E-state index contributed by atoms with van der Waals surface area (Å²) >= 11 is 0. The van der Waals surface area contributed by atoms with Gasteiger partial charge in [0.05, 0.1) is 0 Å². The quantitative estimate of drug-likeness (QED) is 0.655. The zero-order chi connectivity index (χ0) is 9.97. The van der Waals surface area contributed by atoms with Crippen molar-refractivity contribution >= 4 is 12.4 Å². The maximum atomic E-state index is 12.9. The van der Waals surface area contributed by atoms with Crippen LogP contribution in [0, 0.1) is 5.82 Å². The van der Waals surface area contributed by atoms with Gasteiger partial charge in [-0.3, -0.25) is 0 Å². The molecule has 0 atom stereocenters. The monoisotopic (exact) mass is 190 g/mol. The Morgan fingerprint density at radius 1 is 1.36 bits per heavy atom. The second-order valence-electron chi connectivity index (χ2n) is 3.52. The summed E-state index contributed by atoms with van der Waals surface area (Å²) < 4.78 is 12.9. The van der Waals surface area contributed by atoms with Gasteiger partial charge >= 0.3 is 0 Å². The van der Waals surface area contributed by atoms with Crippen molar-refractivity contribution < 1.29 is 9.18 Å². The minimum atomic E-state index is -0.184. The molecule has 1 aromatic rings.